The van der Waals surface area contributed by atoms with Gasteiger partial charge < -0.3 is 14.4 Å². The van der Waals surface area contributed by atoms with Crippen LogP contribution in [0.4, 0.5) is 0 Å². The third-order valence-electron chi connectivity index (χ3n) is 6.00. The summed E-state index contributed by atoms with van der Waals surface area (Å²) in [5, 5.41) is 18.1. The molecule has 0 unspecified atom stereocenters. The Labute approximate surface area is 196 Å². The molecule has 1 aromatic carbocycles. The third kappa shape index (κ3) is 3.64. The Hall–Kier alpha value is -3.95. The van der Waals surface area contributed by atoms with Crippen LogP contribution in [0, 0.1) is 20.8 Å². The number of aryl methyl sites for hydroxylation is 2. The largest absolute Gasteiger partial charge is 0.491 e. The number of imidazole rings is 1. The van der Waals surface area contributed by atoms with Gasteiger partial charge in [-0.15, -0.1) is 0 Å². The van der Waals surface area contributed by atoms with E-state index in [1.54, 1.807) is 0 Å². The van der Waals surface area contributed by atoms with Crippen molar-refractivity contribution in [2.24, 2.45) is 0 Å². The number of hydrogen-bond donors (Lipinski definition) is 1. The molecule has 0 atom stereocenters. The summed E-state index contributed by atoms with van der Waals surface area (Å²) in [6.07, 6.45) is 2.01. The van der Waals surface area contributed by atoms with Crippen LogP contribution >= 0.6 is 0 Å². The van der Waals surface area contributed by atoms with Crippen molar-refractivity contribution in [3.63, 3.8) is 0 Å². The van der Waals surface area contributed by atoms with Crippen LogP contribution in [-0.4, -0.2) is 51.8 Å². The number of hydrogen-bond acceptors (Lipinski definition) is 6. The van der Waals surface area contributed by atoms with Gasteiger partial charge in [0.25, 0.3) is 0 Å². The molecule has 0 saturated carbocycles. The van der Waals surface area contributed by atoms with Gasteiger partial charge in [0.15, 0.2) is 5.82 Å². The Morgan fingerprint density at radius 3 is 2.68 bits per heavy atom. The van der Waals surface area contributed by atoms with E-state index in [1.807, 2.05) is 49.8 Å². The van der Waals surface area contributed by atoms with E-state index in [4.69, 9.17) is 9.72 Å². The first-order valence-corrected chi connectivity index (χ1v) is 11.3. The highest BCUT2D eigenvalue weighted by Gasteiger charge is 2.24. The van der Waals surface area contributed by atoms with Gasteiger partial charge in [0, 0.05) is 23.5 Å². The van der Waals surface area contributed by atoms with Crippen LogP contribution < -0.4 is 4.74 Å². The zero-order chi connectivity index (χ0) is 24.1. The second kappa shape index (κ2) is 8.12. The van der Waals surface area contributed by atoms with Crippen molar-refractivity contribution in [2.45, 2.75) is 53.8 Å². The van der Waals surface area contributed by atoms with E-state index in [9.17, 15) is 9.90 Å². The Bertz CT molecular complexity index is 1410. The quantitative estimate of drug-likeness (QED) is 0.483. The van der Waals surface area contributed by atoms with Crippen molar-refractivity contribution in [3.8, 4) is 39.8 Å². The van der Waals surface area contributed by atoms with Crippen LogP contribution in [0.15, 0.2) is 24.4 Å². The standard InChI is InChI=1S/C24H27N7O3/c1-13(2)31-24(25-16(5)28-31)19-11-29-8-9-34-20-10-17(6-7-18(20)23(29)26-19)22-14(3)27-30(15(22)4)12-21(32)33/h6-7,10-11,13H,8-9,12H2,1-5H3,(H,32,33). The van der Waals surface area contributed by atoms with Gasteiger partial charge in [-0.2, -0.15) is 10.2 Å². The van der Waals surface area contributed by atoms with Crippen LogP contribution in [0.5, 0.6) is 5.75 Å². The van der Waals surface area contributed by atoms with E-state index in [0.717, 1.165) is 57.0 Å². The normalized spacial score (nSPS) is 12.9. The smallest absolute Gasteiger partial charge is 0.325 e. The second-order valence-electron chi connectivity index (χ2n) is 8.82. The molecule has 10 heteroatoms. The Morgan fingerprint density at radius 1 is 1.15 bits per heavy atom. The van der Waals surface area contributed by atoms with E-state index in [2.05, 4.69) is 33.6 Å². The number of ether oxygens (including phenoxy) is 1. The Kier molecular flexibility index (Phi) is 5.22. The van der Waals surface area contributed by atoms with Crippen molar-refractivity contribution >= 4 is 5.97 Å². The van der Waals surface area contributed by atoms with E-state index < -0.39 is 5.97 Å². The first-order chi connectivity index (χ1) is 16.2. The Balaban J connectivity index is 1.57. The molecule has 4 heterocycles. The van der Waals surface area contributed by atoms with Gasteiger partial charge in [-0.05, 0) is 52.3 Å². The highest BCUT2D eigenvalue weighted by atomic mass is 16.5. The number of rotatable bonds is 5. The lowest BCUT2D eigenvalue weighted by molar-refractivity contribution is -0.137. The molecule has 34 heavy (non-hydrogen) atoms. The van der Waals surface area contributed by atoms with Crippen molar-refractivity contribution < 1.29 is 14.6 Å². The molecule has 0 fully saturated rings. The third-order valence-corrected chi connectivity index (χ3v) is 6.00. The summed E-state index contributed by atoms with van der Waals surface area (Å²) in [7, 11) is 0. The van der Waals surface area contributed by atoms with Gasteiger partial charge in [-0.1, -0.05) is 6.07 Å². The molecule has 0 amide bonds. The molecule has 1 aliphatic rings. The number of nitrogens with zero attached hydrogens (tertiary/aromatic N) is 7. The fourth-order valence-electron chi connectivity index (χ4n) is 4.51. The molecule has 176 valence electrons. The van der Waals surface area contributed by atoms with Gasteiger partial charge in [-0.25, -0.2) is 14.6 Å². The number of carboxylic acids is 1. The van der Waals surface area contributed by atoms with Gasteiger partial charge in [-0.3, -0.25) is 9.48 Å². The van der Waals surface area contributed by atoms with Crippen LogP contribution in [0.1, 0.15) is 37.1 Å². The predicted molar refractivity (Wildman–Crippen MR) is 126 cm³/mol. The lowest BCUT2D eigenvalue weighted by Gasteiger charge is -2.10. The molecular weight excluding hydrogens is 434 g/mol. The zero-order valence-corrected chi connectivity index (χ0v) is 19.9. The molecule has 3 aromatic heterocycles. The number of fused-ring (bicyclic) bond motifs is 3. The number of carboxylic acid groups (broad SMARTS) is 1. The molecule has 0 bridgehead atoms. The van der Waals surface area contributed by atoms with Crippen molar-refractivity contribution in [1.82, 2.24) is 34.1 Å². The average molecular weight is 462 g/mol. The lowest BCUT2D eigenvalue weighted by Crippen LogP contribution is -2.11. The minimum atomic E-state index is -0.923. The second-order valence-corrected chi connectivity index (χ2v) is 8.82. The molecule has 0 aliphatic carbocycles. The summed E-state index contributed by atoms with van der Waals surface area (Å²) in [5.41, 5.74) is 5.11. The summed E-state index contributed by atoms with van der Waals surface area (Å²) in [4.78, 5) is 20.7. The highest BCUT2D eigenvalue weighted by molar-refractivity contribution is 5.77. The van der Waals surface area contributed by atoms with Crippen molar-refractivity contribution in [2.75, 3.05) is 6.61 Å². The first-order valence-electron chi connectivity index (χ1n) is 11.3. The lowest BCUT2D eigenvalue weighted by atomic mass is 10.0. The molecular formula is C24H27N7O3. The first kappa shape index (κ1) is 21.9. The van der Waals surface area contributed by atoms with E-state index in [1.165, 1.54) is 4.68 Å². The van der Waals surface area contributed by atoms with Crippen molar-refractivity contribution in [1.29, 1.82) is 0 Å². The van der Waals surface area contributed by atoms with Gasteiger partial charge >= 0.3 is 5.97 Å². The van der Waals surface area contributed by atoms with E-state index in [0.29, 0.717) is 13.2 Å². The molecule has 1 N–H and O–H groups in total. The molecule has 0 radical (unpaired) electrons. The SMILES string of the molecule is Cc1nc(-c2cn3c(n2)-c2ccc(-c4c(C)nn(CC(=O)O)c4C)cc2OCC3)n(C(C)C)n1. The summed E-state index contributed by atoms with van der Waals surface area (Å²) >= 11 is 0. The summed E-state index contributed by atoms with van der Waals surface area (Å²) in [5.74, 6) is 2.10. The molecule has 4 aromatic rings. The van der Waals surface area contributed by atoms with Crippen molar-refractivity contribution in [3.05, 3.63) is 41.6 Å². The summed E-state index contributed by atoms with van der Waals surface area (Å²) in [6, 6.07) is 6.17. The number of aromatic nitrogens is 7. The minimum absolute atomic E-state index is 0.171. The molecule has 1 aliphatic heterocycles. The number of benzene rings is 1. The van der Waals surface area contributed by atoms with Crippen LogP contribution in [0.3, 0.4) is 0 Å². The fourth-order valence-corrected chi connectivity index (χ4v) is 4.51. The monoisotopic (exact) mass is 461 g/mol. The maximum Gasteiger partial charge on any atom is 0.325 e. The predicted octanol–water partition coefficient (Wildman–Crippen LogP) is 3.66. The average Bonchev–Trinajstić information content (AvgIpc) is 3.40. The topological polar surface area (TPSA) is 113 Å². The maximum absolute atomic E-state index is 11.2. The Morgan fingerprint density at radius 2 is 1.94 bits per heavy atom. The minimum Gasteiger partial charge on any atom is -0.491 e. The maximum atomic E-state index is 11.2. The van der Waals surface area contributed by atoms with Gasteiger partial charge in [0.1, 0.15) is 36.2 Å². The highest BCUT2D eigenvalue weighted by Crippen LogP contribution is 2.38. The number of aliphatic carboxylic acids is 1. The van der Waals surface area contributed by atoms with E-state index >= 15 is 0 Å². The van der Waals surface area contributed by atoms with Crippen LogP contribution in [-0.2, 0) is 17.9 Å². The molecule has 10 nitrogen and oxygen atoms in total. The molecule has 0 spiro atoms. The molecule has 5 rings (SSSR count). The number of carbonyl (C=O) groups is 1. The van der Waals surface area contributed by atoms with Crippen LogP contribution in [0.2, 0.25) is 0 Å². The van der Waals surface area contributed by atoms with Crippen LogP contribution in [0.25, 0.3) is 34.0 Å². The molecule has 0 saturated heterocycles. The zero-order valence-electron chi connectivity index (χ0n) is 19.9. The fraction of sp³-hybridized carbons (Fsp3) is 0.375. The summed E-state index contributed by atoms with van der Waals surface area (Å²) in [6.45, 7) is 10.8. The van der Waals surface area contributed by atoms with E-state index in [-0.39, 0.29) is 12.6 Å². The van der Waals surface area contributed by atoms with Gasteiger partial charge in [0.05, 0.1) is 17.8 Å². The van der Waals surface area contributed by atoms with Gasteiger partial charge in [0.2, 0.25) is 0 Å². The summed E-state index contributed by atoms with van der Waals surface area (Å²) < 4.78 is 11.6.